The molecule has 18 rings (SSSR count). The summed E-state index contributed by atoms with van der Waals surface area (Å²) in [4.78, 5) is 14.1. The van der Waals surface area contributed by atoms with Crippen molar-refractivity contribution in [1.29, 1.82) is 0 Å². The van der Waals surface area contributed by atoms with Gasteiger partial charge in [0.1, 0.15) is 6.33 Å². The molecule has 0 amide bonds. The fourth-order valence-electron chi connectivity index (χ4n) is 13.1. The Hall–Kier alpha value is -12.3. The number of hydrogen-bond donors (Lipinski definition) is 0. The van der Waals surface area contributed by atoms with Crippen LogP contribution in [0.15, 0.2) is 296 Å². The first-order valence-electron chi connectivity index (χ1n) is 29.6. The molecular formula is C78H48N8O3. The molecule has 0 N–H and O–H groups in total. The largest absolute Gasteiger partial charge is 0.453 e. The minimum Gasteiger partial charge on any atom is -0.453 e. The van der Waals surface area contributed by atoms with Crippen molar-refractivity contribution in [3.63, 3.8) is 0 Å². The smallest absolute Gasteiger partial charge is 0.248 e. The third-order valence-corrected chi connectivity index (χ3v) is 17.2. The van der Waals surface area contributed by atoms with Crippen LogP contribution in [0.2, 0.25) is 0 Å². The van der Waals surface area contributed by atoms with E-state index < -0.39 is 0 Å². The second-order valence-electron chi connectivity index (χ2n) is 22.3. The monoisotopic (exact) mass is 1140 g/mol. The van der Waals surface area contributed by atoms with Crippen molar-refractivity contribution in [2.45, 2.75) is 0 Å². The zero-order chi connectivity index (χ0) is 58.5. The Kier molecular flexibility index (Phi) is 11.3. The van der Waals surface area contributed by atoms with E-state index in [-0.39, 0.29) is 0 Å². The Morgan fingerprint density at radius 1 is 0.281 bits per heavy atom. The number of nitrogens with zero attached hydrogens (tertiary/aromatic N) is 8. The molecule has 0 atom stereocenters. The van der Waals surface area contributed by atoms with Crippen LogP contribution in [0.5, 0.6) is 23.0 Å². The third kappa shape index (κ3) is 8.21. The van der Waals surface area contributed by atoms with Gasteiger partial charge in [0, 0.05) is 72.1 Å². The molecule has 6 heterocycles. The molecule has 0 saturated heterocycles. The molecule has 11 nitrogen and oxygen atoms in total. The summed E-state index contributed by atoms with van der Waals surface area (Å²) in [6.07, 6.45) is 1.67. The number of rotatable bonds is 9. The average Bonchev–Trinajstić information content (AvgIpc) is 1.88. The van der Waals surface area contributed by atoms with Gasteiger partial charge in [-0.2, -0.15) is 0 Å². The van der Waals surface area contributed by atoms with Crippen LogP contribution in [0.1, 0.15) is 0 Å². The Balaban J connectivity index is 0.646. The predicted molar refractivity (Wildman–Crippen MR) is 355 cm³/mol. The van der Waals surface area contributed by atoms with Gasteiger partial charge in [0.15, 0.2) is 23.0 Å². The van der Waals surface area contributed by atoms with E-state index in [9.17, 15) is 0 Å². The zero-order valence-corrected chi connectivity index (χ0v) is 47.5. The molecule has 2 aliphatic heterocycles. The molecule has 89 heavy (non-hydrogen) atoms. The highest BCUT2D eigenvalue weighted by Gasteiger charge is 2.30. The van der Waals surface area contributed by atoms with Gasteiger partial charge in [0.2, 0.25) is 11.8 Å². The molecule has 16 aromatic rings. The van der Waals surface area contributed by atoms with Crippen LogP contribution in [0.25, 0.3) is 112 Å². The van der Waals surface area contributed by atoms with Gasteiger partial charge in [-0.1, -0.05) is 133 Å². The highest BCUT2D eigenvalue weighted by Crippen LogP contribution is 2.55. The number of para-hydroxylation sites is 10. The van der Waals surface area contributed by atoms with Crippen molar-refractivity contribution in [3.05, 3.63) is 291 Å². The molecule has 0 aliphatic carbocycles. The summed E-state index contributed by atoms with van der Waals surface area (Å²) in [7, 11) is 0. The van der Waals surface area contributed by atoms with Crippen molar-refractivity contribution in [3.8, 4) is 90.9 Å². The van der Waals surface area contributed by atoms with Crippen LogP contribution in [-0.2, 0) is 0 Å². The van der Waals surface area contributed by atoms with Crippen LogP contribution in [0.4, 0.5) is 34.1 Å². The Labute approximate surface area is 510 Å². The van der Waals surface area contributed by atoms with Gasteiger partial charge in [-0.05, 0) is 157 Å². The lowest BCUT2D eigenvalue weighted by Crippen LogP contribution is -2.16. The molecule has 11 heteroatoms. The molecule has 2 aliphatic rings. The Morgan fingerprint density at radius 2 is 0.708 bits per heavy atom. The maximum Gasteiger partial charge on any atom is 0.248 e. The third-order valence-electron chi connectivity index (χ3n) is 17.2. The van der Waals surface area contributed by atoms with Gasteiger partial charge in [0.25, 0.3) is 0 Å². The highest BCUT2D eigenvalue weighted by molar-refractivity contribution is 6.11. The van der Waals surface area contributed by atoms with E-state index >= 15 is 0 Å². The van der Waals surface area contributed by atoms with Crippen molar-refractivity contribution >= 4 is 77.7 Å². The average molecular weight is 1150 g/mol. The van der Waals surface area contributed by atoms with Crippen LogP contribution in [-0.4, -0.2) is 29.3 Å². The number of aromatic nitrogens is 6. The molecule has 0 saturated carbocycles. The quantitative estimate of drug-likeness (QED) is 0.140. The second kappa shape index (κ2) is 20.2. The minimum absolute atomic E-state index is 0.426. The van der Waals surface area contributed by atoms with Gasteiger partial charge in [0.05, 0.1) is 56.2 Å². The number of benzene rings is 12. The predicted octanol–water partition coefficient (Wildman–Crippen LogP) is 20.5. The SMILES string of the molecule is c1cc(-c2cc(-c3cccc(-n4c5ccccc5c5cc(-c6cccc7c6Oc6ccccc6N7c6ccc(-c7nnc(-c8ccc(N9c%10ccccc%10Oc%10ccccc%109)cc8)o7)cc6)ccc54)c3)ncn2)cc(-n2c3ccccc3c3ccccc32)c1. The Morgan fingerprint density at radius 3 is 1.25 bits per heavy atom. The maximum absolute atomic E-state index is 6.95. The lowest BCUT2D eigenvalue weighted by Gasteiger charge is -2.34. The van der Waals surface area contributed by atoms with Gasteiger partial charge < -0.3 is 32.8 Å². The summed E-state index contributed by atoms with van der Waals surface area (Å²) in [5.74, 6) is 3.98. The molecular weight excluding hydrogens is 1100 g/mol. The van der Waals surface area contributed by atoms with Gasteiger partial charge in [-0.15, -0.1) is 10.2 Å². The topological polar surface area (TPSA) is 99.5 Å². The molecule has 0 unspecified atom stereocenters. The lowest BCUT2D eigenvalue weighted by atomic mass is 9.99. The summed E-state index contributed by atoms with van der Waals surface area (Å²) < 4.78 is 24.3. The Bertz CT molecular complexity index is 5390. The van der Waals surface area contributed by atoms with Gasteiger partial charge in [-0.25, -0.2) is 9.97 Å². The lowest BCUT2D eigenvalue weighted by molar-refractivity contribution is 0.477. The first-order valence-corrected chi connectivity index (χ1v) is 29.6. The van der Waals surface area contributed by atoms with Crippen LogP contribution < -0.4 is 19.3 Å². The van der Waals surface area contributed by atoms with E-state index in [2.05, 4.69) is 235 Å². The summed E-state index contributed by atoms with van der Waals surface area (Å²) >= 11 is 0. The van der Waals surface area contributed by atoms with Crippen molar-refractivity contribution < 1.29 is 13.9 Å². The van der Waals surface area contributed by atoms with Gasteiger partial charge in [-0.3, -0.25) is 0 Å². The zero-order valence-electron chi connectivity index (χ0n) is 47.5. The first-order chi connectivity index (χ1) is 44.1. The first kappa shape index (κ1) is 50.0. The van der Waals surface area contributed by atoms with E-state index in [1.165, 1.54) is 21.8 Å². The molecule has 4 aromatic heterocycles. The van der Waals surface area contributed by atoms with E-state index in [1.807, 2.05) is 78.9 Å². The van der Waals surface area contributed by atoms with Crippen LogP contribution in [0, 0.1) is 0 Å². The van der Waals surface area contributed by atoms with E-state index in [0.29, 0.717) is 11.8 Å². The molecule has 0 radical (unpaired) electrons. The number of ether oxygens (including phenoxy) is 2. The number of anilines is 6. The number of hydrogen-bond acceptors (Lipinski definition) is 9. The molecule has 0 bridgehead atoms. The summed E-state index contributed by atoms with van der Waals surface area (Å²) in [5, 5.41) is 13.8. The van der Waals surface area contributed by atoms with Crippen LogP contribution >= 0.6 is 0 Å². The van der Waals surface area contributed by atoms with Crippen LogP contribution in [0.3, 0.4) is 0 Å². The molecule has 418 valence electrons. The summed E-state index contributed by atoms with van der Waals surface area (Å²) in [6, 6.07) is 99.0. The second-order valence-corrected chi connectivity index (χ2v) is 22.3. The van der Waals surface area contributed by atoms with Crippen molar-refractivity contribution in [2.24, 2.45) is 0 Å². The molecule has 0 fully saturated rings. The summed E-state index contributed by atoms with van der Waals surface area (Å²) in [5.41, 5.74) is 19.7. The van der Waals surface area contributed by atoms with Crippen molar-refractivity contribution in [2.75, 3.05) is 9.80 Å². The number of fused-ring (bicyclic) bond motifs is 10. The maximum atomic E-state index is 6.95. The van der Waals surface area contributed by atoms with Crippen molar-refractivity contribution in [1.82, 2.24) is 29.3 Å². The normalized spacial score (nSPS) is 12.4. The fourth-order valence-corrected chi connectivity index (χ4v) is 13.1. The minimum atomic E-state index is 0.426. The van der Waals surface area contributed by atoms with Gasteiger partial charge >= 0.3 is 0 Å². The fraction of sp³-hybridized carbons (Fsp3) is 0. The van der Waals surface area contributed by atoms with E-state index in [4.69, 9.17) is 23.9 Å². The molecule has 12 aromatic carbocycles. The van der Waals surface area contributed by atoms with E-state index in [1.54, 1.807) is 6.33 Å². The standard InChI is InChI=1S/C78H48N8O3/c1-4-24-65-59(20-1)60-21-2-5-25-66(60)85(65)56-18-13-16-52(44-56)63-47-64(80-48-79-63)53-17-14-19-57(45-53)86-67-26-6-3-22-61(67)62-46-51(38-43-68(62)86)58-23-15-30-72-76(58)88-75-33-12-9-29-71(75)84(72)55-41-36-50(37-42-55)78-82-81-77(89-78)49-34-39-54(40-35-49)83-69-27-7-10-31-73(69)87-74-32-11-8-28-70(74)83/h1-48H. The van der Waals surface area contributed by atoms with E-state index in [0.717, 1.165) is 135 Å². The highest BCUT2D eigenvalue weighted by atomic mass is 16.5. The summed E-state index contributed by atoms with van der Waals surface area (Å²) in [6.45, 7) is 0. The molecule has 0 spiro atoms.